The van der Waals surface area contributed by atoms with Gasteiger partial charge in [-0.15, -0.1) is 0 Å². The maximum Gasteiger partial charge on any atom is 0.407 e. The molecule has 138 valence electrons. The van der Waals surface area contributed by atoms with Crippen LogP contribution in [0.15, 0.2) is 58.8 Å². The van der Waals surface area contributed by atoms with Gasteiger partial charge in [0, 0.05) is 12.3 Å². The number of nitrogens with zero attached hydrogens (tertiary/aromatic N) is 2. The fourth-order valence-electron chi connectivity index (χ4n) is 3.54. The maximum atomic E-state index is 12.2. The molecule has 0 spiro atoms. The van der Waals surface area contributed by atoms with Crippen LogP contribution >= 0.6 is 0 Å². The summed E-state index contributed by atoms with van der Waals surface area (Å²) in [7, 11) is 0. The van der Waals surface area contributed by atoms with E-state index < -0.39 is 23.8 Å². The summed E-state index contributed by atoms with van der Waals surface area (Å²) in [6, 6.07) is 14.9. The van der Waals surface area contributed by atoms with Gasteiger partial charge in [-0.25, -0.2) is 9.59 Å². The topological polar surface area (TPSA) is 100 Å². The van der Waals surface area contributed by atoms with E-state index in [4.69, 9.17) is 4.74 Å². The Bertz CT molecular complexity index is 889. The van der Waals surface area contributed by atoms with Crippen LogP contribution < -0.4 is 5.32 Å². The van der Waals surface area contributed by atoms with Gasteiger partial charge in [-0.1, -0.05) is 48.5 Å². The van der Waals surface area contributed by atoms with Gasteiger partial charge in [0.1, 0.15) is 12.6 Å². The number of rotatable bonds is 6. The average molecular weight is 365 g/mol. The molecule has 7 nitrogen and oxygen atoms in total. The molecule has 1 atom stereocenters. The number of amides is 1. The number of alkyl carbamates (subject to hydrolysis) is 1. The highest BCUT2D eigenvalue weighted by Crippen LogP contribution is 2.44. The minimum Gasteiger partial charge on any atom is -0.480 e. The predicted octanol–water partition coefficient (Wildman–Crippen LogP) is 3.55. The highest BCUT2D eigenvalue weighted by atomic mass is 16.5. The molecule has 4 rings (SSSR count). The van der Waals surface area contributed by atoms with Gasteiger partial charge in [0.15, 0.2) is 5.66 Å². The van der Waals surface area contributed by atoms with E-state index in [0.29, 0.717) is 0 Å². The van der Waals surface area contributed by atoms with Crippen molar-refractivity contribution in [2.75, 3.05) is 6.61 Å². The summed E-state index contributed by atoms with van der Waals surface area (Å²) in [5, 5.41) is 19.3. The number of hydrogen-bond acceptors (Lipinski definition) is 5. The molecule has 0 saturated carbocycles. The zero-order chi connectivity index (χ0) is 19.0. The molecule has 2 aromatic carbocycles. The average Bonchev–Trinajstić information content (AvgIpc) is 3.30. The third-order valence-electron chi connectivity index (χ3n) is 4.97. The van der Waals surface area contributed by atoms with E-state index in [1.807, 2.05) is 36.4 Å². The van der Waals surface area contributed by atoms with Crippen LogP contribution in [0.3, 0.4) is 0 Å². The first kappa shape index (κ1) is 17.2. The van der Waals surface area contributed by atoms with Crippen molar-refractivity contribution in [1.82, 2.24) is 5.32 Å². The fourth-order valence-corrected chi connectivity index (χ4v) is 3.54. The number of hydrogen-bond donors (Lipinski definition) is 2. The van der Waals surface area contributed by atoms with E-state index in [1.165, 1.54) is 0 Å². The number of carboxylic acids is 1. The first-order chi connectivity index (χ1) is 13.0. The Morgan fingerprint density at radius 2 is 1.67 bits per heavy atom. The van der Waals surface area contributed by atoms with Crippen LogP contribution in [-0.4, -0.2) is 35.5 Å². The number of fused-ring (bicyclic) bond motifs is 3. The third-order valence-corrected chi connectivity index (χ3v) is 4.97. The Hall–Kier alpha value is -3.22. The van der Waals surface area contributed by atoms with Crippen molar-refractivity contribution in [2.45, 2.75) is 31.0 Å². The molecule has 0 fully saturated rings. The zero-order valence-corrected chi connectivity index (χ0v) is 14.8. The monoisotopic (exact) mass is 365 g/mol. The van der Waals surface area contributed by atoms with E-state index >= 15 is 0 Å². The second-order valence-electron chi connectivity index (χ2n) is 6.98. The van der Waals surface area contributed by atoms with Crippen molar-refractivity contribution in [3.05, 3.63) is 59.7 Å². The molecular formula is C20H19N3O4. The predicted molar refractivity (Wildman–Crippen MR) is 97.5 cm³/mol. The van der Waals surface area contributed by atoms with Crippen LogP contribution in [-0.2, 0) is 9.53 Å². The summed E-state index contributed by atoms with van der Waals surface area (Å²) in [6.45, 7) is 1.85. The molecular weight excluding hydrogens is 346 g/mol. The lowest BCUT2D eigenvalue weighted by Crippen LogP contribution is -2.43. The summed E-state index contributed by atoms with van der Waals surface area (Å²) >= 11 is 0. The Kier molecular flexibility index (Phi) is 4.14. The summed E-state index contributed by atoms with van der Waals surface area (Å²) in [4.78, 5) is 23.6. The molecule has 2 aliphatic rings. The summed E-state index contributed by atoms with van der Waals surface area (Å²) in [5.74, 6) is -1.21. The van der Waals surface area contributed by atoms with Crippen molar-refractivity contribution >= 4 is 12.1 Å². The number of carbonyl (C=O) groups excluding carboxylic acids is 1. The van der Waals surface area contributed by atoms with Crippen LogP contribution in [0, 0.1) is 0 Å². The molecule has 0 radical (unpaired) electrons. The molecule has 1 aliphatic heterocycles. The Morgan fingerprint density at radius 3 is 2.19 bits per heavy atom. The highest BCUT2D eigenvalue weighted by molar-refractivity contribution is 5.81. The first-order valence-electron chi connectivity index (χ1n) is 8.75. The largest absolute Gasteiger partial charge is 0.480 e. The van der Waals surface area contributed by atoms with Crippen LogP contribution in [0.1, 0.15) is 30.4 Å². The van der Waals surface area contributed by atoms with Crippen LogP contribution in [0.2, 0.25) is 0 Å². The number of nitrogens with one attached hydrogen (secondary N) is 1. The molecule has 0 bridgehead atoms. The first-order valence-corrected chi connectivity index (χ1v) is 8.75. The molecule has 27 heavy (non-hydrogen) atoms. The van der Waals surface area contributed by atoms with Gasteiger partial charge in [-0.3, -0.25) is 0 Å². The van der Waals surface area contributed by atoms with E-state index in [-0.39, 0.29) is 18.9 Å². The van der Waals surface area contributed by atoms with Gasteiger partial charge < -0.3 is 15.2 Å². The summed E-state index contributed by atoms with van der Waals surface area (Å²) in [6.07, 6.45) is -0.652. The molecule has 1 heterocycles. The molecule has 1 aliphatic carbocycles. The van der Waals surface area contributed by atoms with Crippen LogP contribution in [0.4, 0.5) is 4.79 Å². The van der Waals surface area contributed by atoms with Crippen molar-refractivity contribution in [2.24, 2.45) is 10.2 Å². The Balaban J connectivity index is 1.44. The lowest BCUT2D eigenvalue weighted by atomic mass is 9.98. The van der Waals surface area contributed by atoms with Gasteiger partial charge in [0.25, 0.3) is 0 Å². The van der Waals surface area contributed by atoms with E-state index in [1.54, 1.807) is 6.92 Å². The molecule has 0 aromatic heterocycles. The summed E-state index contributed by atoms with van der Waals surface area (Å²) < 4.78 is 5.38. The van der Waals surface area contributed by atoms with E-state index in [9.17, 15) is 14.7 Å². The maximum absolute atomic E-state index is 12.2. The zero-order valence-electron chi connectivity index (χ0n) is 14.8. The number of ether oxygens (including phenoxy) is 1. The quantitative estimate of drug-likeness (QED) is 0.817. The van der Waals surface area contributed by atoms with E-state index in [0.717, 1.165) is 22.3 Å². The molecule has 7 heteroatoms. The van der Waals surface area contributed by atoms with E-state index in [2.05, 4.69) is 27.7 Å². The van der Waals surface area contributed by atoms with Crippen molar-refractivity contribution in [1.29, 1.82) is 0 Å². The standard InChI is InChI=1S/C20H19N3O4/c1-20(22-23-20)10-17(18(24)25)21-19(26)27-11-16-14-8-4-2-6-12(14)13-7-3-5-9-15(13)16/h2-9,16-17H,10-11H2,1H3,(H,21,26)(H,24,25)/t17-/m0/s1. The molecule has 0 unspecified atom stereocenters. The van der Waals surface area contributed by atoms with Gasteiger partial charge in [-0.05, 0) is 29.2 Å². The number of carboxylic acid groups (broad SMARTS) is 1. The normalized spacial score (nSPS) is 16.9. The third kappa shape index (κ3) is 3.40. The molecule has 0 saturated heterocycles. The van der Waals surface area contributed by atoms with Crippen molar-refractivity contribution in [3.63, 3.8) is 0 Å². The Morgan fingerprint density at radius 1 is 1.11 bits per heavy atom. The molecule has 1 amide bonds. The minimum absolute atomic E-state index is 0.0719. The lowest BCUT2D eigenvalue weighted by molar-refractivity contribution is -0.139. The van der Waals surface area contributed by atoms with Crippen LogP contribution in [0.5, 0.6) is 0 Å². The van der Waals surface area contributed by atoms with Gasteiger partial charge >= 0.3 is 12.1 Å². The molecule has 2 aromatic rings. The second-order valence-corrected chi connectivity index (χ2v) is 6.98. The minimum atomic E-state index is -1.14. The SMILES string of the molecule is CC1(C[C@H](NC(=O)OCC2c3ccccc3-c3ccccc32)C(=O)O)N=N1. The van der Waals surface area contributed by atoms with Gasteiger partial charge in [-0.2, -0.15) is 10.2 Å². The summed E-state index contributed by atoms with van der Waals surface area (Å²) in [5.41, 5.74) is 3.75. The smallest absolute Gasteiger partial charge is 0.407 e. The Labute approximate surface area is 156 Å². The fraction of sp³-hybridized carbons (Fsp3) is 0.300. The number of carbonyl (C=O) groups is 2. The van der Waals surface area contributed by atoms with Crippen molar-refractivity contribution in [3.8, 4) is 11.1 Å². The number of benzene rings is 2. The molecule has 2 N–H and O–H groups in total. The highest BCUT2D eigenvalue weighted by Gasteiger charge is 2.40. The lowest BCUT2D eigenvalue weighted by Gasteiger charge is -2.18. The van der Waals surface area contributed by atoms with Gasteiger partial charge in [0.2, 0.25) is 0 Å². The number of aliphatic carboxylic acids is 1. The van der Waals surface area contributed by atoms with Crippen molar-refractivity contribution < 1.29 is 19.4 Å². The van der Waals surface area contributed by atoms with Crippen LogP contribution in [0.25, 0.3) is 11.1 Å². The van der Waals surface area contributed by atoms with Gasteiger partial charge in [0.05, 0.1) is 0 Å². The second kappa shape index (κ2) is 6.50.